The minimum Gasteiger partial charge on any atom is -0.339 e. The molecule has 7 nitrogen and oxygen atoms in total. The Morgan fingerprint density at radius 3 is 3.09 bits per heavy atom. The topological polar surface area (TPSA) is 77.0 Å². The Morgan fingerprint density at radius 1 is 1.43 bits per heavy atom. The summed E-state index contributed by atoms with van der Waals surface area (Å²) in [7, 11) is 1.83. The molecule has 3 aromatic heterocycles. The molecule has 4 rings (SSSR count). The summed E-state index contributed by atoms with van der Waals surface area (Å²) in [4.78, 5) is 19.4. The van der Waals surface area contributed by atoms with Crippen molar-refractivity contribution in [2.24, 2.45) is 7.05 Å². The second-order valence-electron chi connectivity index (χ2n) is 5.55. The van der Waals surface area contributed by atoms with Crippen LogP contribution in [0, 0.1) is 0 Å². The smallest absolute Gasteiger partial charge is 0.231 e. The first-order valence-corrected chi connectivity index (χ1v) is 8.25. The van der Waals surface area contributed by atoms with Crippen LogP contribution < -0.4 is 4.90 Å². The zero-order valence-electron chi connectivity index (χ0n) is 12.5. The van der Waals surface area contributed by atoms with E-state index in [1.54, 1.807) is 27.1 Å². The van der Waals surface area contributed by atoms with Crippen LogP contribution in [0.15, 0.2) is 34.4 Å². The van der Waals surface area contributed by atoms with Crippen LogP contribution in [0.1, 0.15) is 24.7 Å². The highest BCUT2D eigenvalue weighted by Gasteiger charge is 2.31. The molecule has 0 radical (unpaired) electrons. The lowest BCUT2D eigenvalue weighted by Crippen LogP contribution is -2.39. The molecule has 3 aromatic rings. The number of nitrogens with zero attached hydrogens (tertiary/aromatic N) is 5. The highest BCUT2D eigenvalue weighted by atomic mass is 32.1. The molecule has 0 aliphatic carbocycles. The van der Waals surface area contributed by atoms with E-state index in [-0.39, 0.29) is 11.8 Å². The van der Waals surface area contributed by atoms with Crippen molar-refractivity contribution in [2.45, 2.75) is 18.8 Å². The van der Waals surface area contributed by atoms with Crippen LogP contribution >= 0.6 is 11.3 Å². The molecule has 0 saturated carbocycles. The number of thiophene rings is 1. The Balaban J connectivity index is 1.57. The molecule has 4 heterocycles. The summed E-state index contributed by atoms with van der Waals surface area (Å²) in [5, 5.41) is 10.2. The summed E-state index contributed by atoms with van der Waals surface area (Å²) in [6.45, 7) is 0.538. The molecule has 118 valence electrons. The quantitative estimate of drug-likeness (QED) is 0.737. The number of aryl methyl sites for hydroxylation is 1. The monoisotopic (exact) mass is 329 g/mol. The lowest BCUT2D eigenvalue weighted by atomic mass is 9.97. The van der Waals surface area contributed by atoms with Crippen molar-refractivity contribution in [1.29, 1.82) is 0 Å². The van der Waals surface area contributed by atoms with E-state index in [1.807, 2.05) is 30.8 Å². The van der Waals surface area contributed by atoms with Crippen LogP contribution in [0.25, 0.3) is 10.7 Å². The first-order chi connectivity index (χ1) is 11.2. The Kier molecular flexibility index (Phi) is 3.45. The van der Waals surface area contributed by atoms with Crippen molar-refractivity contribution in [3.63, 3.8) is 0 Å². The fourth-order valence-electron chi connectivity index (χ4n) is 2.75. The van der Waals surface area contributed by atoms with Gasteiger partial charge in [-0.05, 0) is 17.9 Å². The lowest BCUT2D eigenvalue weighted by Gasteiger charge is -2.29. The average Bonchev–Trinajstić information content (AvgIpc) is 3.28. The van der Waals surface area contributed by atoms with Gasteiger partial charge in [0.1, 0.15) is 0 Å². The van der Waals surface area contributed by atoms with Crippen LogP contribution in [0.4, 0.5) is 5.69 Å². The summed E-state index contributed by atoms with van der Waals surface area (Å²) >= 11 is 1.58. The van der Waals surface area contributed by atoms with Gasteiger partial charge in [0.2, 0.25) is 17.6 Å². The fourth-order valence-corrected chi connectivity index (χ4v) is 3.40. The standard InChI is InChI=1S/C15H15N5O2S/c1-19-9-11(7-16-19)20-8-10(4-5-13(20)21)15-17-14(18-22-15)12-3-2-6-23-12/h2-3,6-7,9-10H,4-5,8H2,1H3/t10-/m0/s1. The molecule has 8 heteroatoms. The summed E-state index contributed by atoms with van der Waals surface area (Å²) in [6, 6.07) is 3.92. The van der Waals surface area contributed by atoms with Crippen molar-refractivity contribution in [2.75, 3.05) is 11.4 Å². The van der Waals surface area contributed by atoms with E-state index in [4.69, 9.17) is 4.52 Å². The highest BCUT2D eigenvalue weighted by molar-refractivity contribution is 7.13. The van der Waals surface area contributed by atoms with Gasteiger partial charge in [-0.3, -0.25) is 9.48 Å². The number of aromatic nitrogens is 4. The molecule has 1 saturated heterocycles. The van der Waals surface area contributed by atoms with Crippen molar-refractivity contribution < 1.29 is 9.32 Å². The van der Waals surface area contributed by atoms with Gasteiger partial charge in [0.15, 0.2) is 0 Å². The number of amides is 1. The predicted octanol–water partition coefficient (Wildman–Crippen LogP) is 2.44. The Morgan fingerprint density at radius 2 is 2.35 bits per heavy atom. The number of rotatable bonds is 3. The summed E-state index contributed by atoms with van der Waals surface area (Å²) in [5.74, 6) is 1.36. The molecule has 0 bridgehead atoms. The molecule has 1 aliphatic rings. The fraction of sp³-hybridized carbons (Fsp3) is 0.333. The van der Waals surface area contributed by atoms with Crippen molar-refractivity contribution in [3.05, 3.63) is 35.8 Å². The normalized spacial score (nSPS) is 18.6. The molecular weight excluding hydrogens is 314 g/mol. The number of anilines is 1. The molecule has 0 unspecified atom stereocenters. The molecule has 1 fully saturated rings. The summed E-state index contributed by atoms with van der Waals surface area (Å²) in [5.41, 5.74) is 0.806. The molecule has 1 amide bonds. The van der Waals surface area contributed by atoms with E-state index in [1.165, 1.54) is 0 Å². The number of piperidine rings is 1. The Hall–Kier alpha value is -2.48. The van der Waals surface area contributed by atoms with E-state index in [0.29, 0.717) is 24.7 Å². The van der Waals surface area contributed by atoms with Gasteiger partial charge in [-0.25, -0.2) is 0 Å². The van der Waals surface area contributed by atoms with Gasteiger partial charge in [0.25, 0.3) is 0 Å². The van der Waals surface area contributed by atoms with Gasteiger partial charge < -0.3 is 9.42 Å². The van der Waals surface area contributed by atoms with Gasteiger partial charge in [0.05, 0.1) is 22.7 Å². The van der Waals surface area contributed by atoms with Crippen LogP contribution in [0.3, 0.4) is 0 Å². The van der Waals surface area contributed by atoms with Crippen LogP contribution in [-0.2, 0) is 11.8 Å². The van der Waals surface area contributed by atoms with Crippen molar-refractivity contribution >= 4 is 22.9 Å². The molecule has 1 atom stereocenters. The maximum Gasteiger partial charge on any atom is 0.231 e. The summed E-state index contributed by atoms with van der Waals surface area (Å²) < 4.78 is 7.13. The second-order valence-corrected chi connectivity index (χ2v) is 6.49. The lowest BCUT2D eigenvalue weighted by molar-refractivity contribution is -0.119. The third-order valence-electron chi connectivity index (χ3n) is 3.95. The first kappa shape index (κ1) is 14.1. The van der Waals surface area contributed by atoms with Gasteiger partial charge >= 0.3 is 0 Å². The van der Waals surface area contributed by atoms with Gasteiger partial charge in [-0.1, -0.05) is 11.2 Å². The van der Waals surface area contributed by atoms with Gasteiger partial charge in [-0.2, -0.15) is 10.1 Å². The molecule has 0 aromatic carbocycles. The molecule has 1 aliphatic heterocycles. The number of carbonyl (C=O) groups is 1. The molecule has 23 heavy (non-hydrogen) atoms. The predicted molar refractivity (Wildman–Crippen MR) is 85.1 cm³/mol. The third-order valence-corrected chi connectivity index (χ3v) is 4.81. The van der Waals surface area contributed by atoms with E-state index >= 15 is 0 Å². The highest BCUT2D eigenvalue weighted by Crippen LogP contribution is 2.31. The third kappa shape index (κ3) is 2.65. The number of carbonyl (C=O) groups excluding carboxylic acids is 1. The van der Waals surface area contributed by atoms with Gasteiger partial charge in [-0.15, -0.1) is 11.3 Å². The van der Waals surface area contributed by atoms with E-state index < -0.39 is 0 Å². The maximum atomic E-state index is 12.2. The largest absolute Gasteiger partial charge is 0.339 e. The first-order valence-electron chi connectivity index (χ1n) is 7.37. The minimum atomic E-state index is 0.0501. The molecular formula is C15H15N5O2S. The number of hydrogen-bond acceptors (Lipinski definition) is 6. The van der Waals surface area contributed by atoms with Crippen LogP contribution in [0.5, 0.6) is 0 Å². The zero-order chi connectivity index (χ0) is 15.8. The molecule has 0 spiro atoms. The van der Waals surface area contributed by atoms with Gasteiger partial charge in [0, 0.05) is 26.2 Å². The second kappa shape index (κ2) is 5.62. The molecule has 0 N–H and O–H groups in total. The average molecular weight is 329 g/mol. The van der Waals surface area contributed by atoms with Crippen LogP contribution in [0.2, 0.25) is 0 Å². The maximum absolute atomic E-state index is 12.2. The number of hydrogen-bond donors (Lipinski definition) is 0. The van der Waals surface area contributed by atoms with Crippen molar-refractivity contribution in [1.82, 2.24) is 19.9 Å². The van der Waals surface area contributed by atoms with E-state index in [2.05, 4.69) is 15.2 Å². The Bertz CT molecular complexity index is 823. The van der Waals surface area contributed by atoms with Crippen molar-refractivity contribution in [3.8, 4) is 10.7 Å². The Labute approximate surface area is 136 Å². The zero-order valence-corrected chi connectivity index (χ0v) is 13.4. The van der Waals surface area contributed by atoms with E-state index in [9.17, 15) is 4.79 Å². The van der Waals surface area contributed by atoms with E-state index in [0.717, 1.165) is 17.0 Å². The van der Waals surface area contributed by atoms with Crippen LogP contribution in [-0.4, -0.2) is 32.4 Å². The SMILES string of the molecule is Cn1cc(N2C[C@@H](c3nc(-c4cccs4)no3)CCC2=O)cn1. The minimum absolute atomic E-state index is 0.0501. The summed E-state index contributed by atoms with van der Waals surface area (Å²) in [6.07, 6.45) is 4.73.